The van der Waals surface area contributed by atoms with Crippen molar-refractivity contribution in [2.45, 2.75) is 19.1 Å². The molecule has 0 bridgehead atoms. The first kappa shape index (κ1) is 13.7. The number of hydrogen-bond acceptors (Lipinski definition) is 5. The number of nitrogens with two attached hydrogens (primary N) is 1. The Morgan fingerprint density at radius 2 is 2.24 bits per heavy atom. The van der Waals surface area contributed by atoms with E-state index in [1.807, 2.05) is 6.92 Å². The average Bonchev–Trinajstić information content (AvgIpc) is 2.30. The Bertz CT molecular complexity index is 444. The van der Waals surface area contributed by atoms with Crippen LogP contribution in [-0.4, -0.2) is 31.8 Å². The van der Waals surface area contributed by atoms with Crippen molar-refractivity contribution < 1.29 is 13.2 Å². The molecule has 0 aliphatic carbocycles. The number of aromatic nitrogens is 1. The molecule has 3 N–H and O–H groups in total. The van der Waals surface area contributed by atoms with Gasteiger partial charge in [-0.15, -0.1) is 0 Å². The van der Waals surface area contributed by atoms with E-state index in [1.54, 1.807) is 19.1 Å². The number of anilines is 1. The number of sulfonamides is 1. The van der Waals surface area contributed by atoms with Gasteiger partial charge in [0, 0.05) is 12.6 Å². The van der Waals surface area contributed by atoms with E-state index >= 15 is 0 Å². The maximum atomic E-state index is 11.7. The minimum atomic E-state index is -3.44. The Morgan fingerprint density at radius 3 is 2.71 bits per heavy atom. The molecule has 0 saturated carbocycles. The molecule has 1 aromatic heterocycles. The first-order valence-corrected chi connectivity index (χ1v) is 6.84. The first-order valence-electron chi connectivity index (χ1n) is 5.30. The van der Waals surface area contributed by atoms with Crippen LogP contribution in [0.15, 0.2) is 18.3 Å². The number of rotatable bonds is 6. The molecular weight excluding hydrogens is 242 g/mol. The fraction of sp³-hybridized carbons (Fsp3) is 0.500. The number of ether oxygens (including phenoxy) is 1. The smallest absolute Gasteiger partial charge is 0.236 e. The summed E-state index contributed by atoms with van der Waals surface area (Å²) in [7, 11) is -3.44. The predicted molar refractivity (Wildman–Crippen MR) is 66.5 cm³/mol. The molecule has 1 unspecified atom stereocenters. The molecular formula is C10H17N3O3S. The Kier molecular flexibility index (Phi) is 4.71. The highest BCUT2D eigenvalue weighted by atomic mass is 32.2. The summed E-state index contributed by atoms with van der Waals surface area (Å²) in [5, 5.41) is -0.644. The molecule has 1 atom stereocenters. The van der Waals surface area contributed by atoms with E-state index in [1.165, 1.54) is 6.20 Å². The van der Waals surface area contributed by atoms with Crippen LogP contribution in [0.5, 0.6) is 5.88 Å². The van der Waals surface area contributed by atoms with Crippen molar-refractivity contribution in [2.24, 2.45) is 5.73 Å². The van der Waals surface area contributed by atoms with Gasteiger partial charge in [0.15, 0.2) is 0 Å². The monoisotopic (exact) mass is 259 g/mol. The largest absolute Gasteiger partial charge is 0.478 e. The molecule has 0 spiro atoms. The van der Waals surface area contributed by atoms with Crippen LogP contribution in [0.25, 0.3) is 0 Å². The summed E-state index contributed by atoms with van der Waals surface area (Å²) in [6.07, 6.45) is 1.41. The van der Waals surface area contributed by atoms with E-state index in [0.29, 0.717) is 18.2 Å². The van der Waals surface area contributed by atoms with Gasteiger partial charge in [-0.3, -0.25) is 4.72 Å². The molecule has 0 radical (unpaired) electrons. The van der Waals surface area contributed by atoms with Gasteiger partial charge in [0.25, 0.3) is 0 Å². The van der Waals surface area contributed by atoms with Crippen LogP contribution in [0.4, 0.5) is 5.69 Å². The number of nitrogens with zero attached hydrogens (tertiary/aromatic N) is 1. The molecule has 1 aromatic rings. The molecule has 7 heteroatoms. The summed E-state index contributed by atoms with van der Waals surface area (Å²) in [6.45, 7) is 3.98. The third kappa shape index (κ3) is 3.86. The summed E-state index contributed by atoms with van der Waals surface area (Å²) in [6, 6.07) is 3.20. The number of nitrogens with one attached hydrogen (secondary N) is 1. The van der Waals surface area contributed by atoms with Gasteiger partial charge in [-0.05, 0) is 19.9 Å². The van der Waals surface area contributed by atoms with Crippen molar-refractivity contribution in [1.29, 1.82) is 0 Å². The van der Waals surface area contributed by atoms with Gasteiger partial charge >= 0.3 is 0 Å². The highest BCUT2D eigenvalue weighted by Crippen LogP contribution is 2.14. The first-order chi connectivity index (χ1) is 7.99. The van der Waals surface area contributed by atoms with E-state index in [4.69, 9.17) is 10.5 Å². The molecule has 0 aliphatic heterocycles. The van der Waals surface area contributed by atoms with Crippen molar-refractivity contribution in [2.75, 3.05) is 17.9 Å². The van der Waals surface area contributed by atoms with Crippen molar-refractivity contribution in [3.8, 4) is 5.88 Å². The van der Waals surface area contributed by atoms with Crippen molar-refractivity contribution >= 4 is 15.7 Å². The minimum Gasteiger partial charge on any atom is -0.478 e. The van der Waals surface area contributed by atoms with E-state index < -0.39 is 15.3 Å². The predicted octanol–water partition coefficient (Wildman–Crippen LogP) is 0.569. The molecule has 17 heavy (non-hydrogen) atoms. The second kappa shape index (κ2) is 5.83. The van der Waals surface area contributed by atoms with Gasteiger partial charge in [0.2, 0.25) is 15.9 Å². The fourth-order valence-electron chi connectivity index (χ4n) is 1.07. The fourth-order valence-corrected chi connectivity index (χ4v) is 1.97. The quantitative estimate of drug-likeness (QED) is 0.779. The molecule has 1 rings (SSSR count). The Morgan fingerprint density at radius 1 is 1.53 bits per heavy atom. The van der Waals surface area contributed by atoms with E-state index in [2.05, 4.69) is 9.71 Å². The molecule has 0 fully saturated rings. The summed E-state index contributed by atoms with van der Waals surface area (Å²) in [5.41, 5.74) is 5.72. The van der Waals surface area contributed by atoms with Crippen molar-refractivity contribution in [3.63, 3.8) is 0 Å². The molecule has 0 aliphatic rings. The zero-order chi connectivity index (χ0) is 12.9. The highest BCUT2D eigenvalue weighted by molar-refractivity contribution is 7.93. The van der Waals surface area contributed by atoms with Gasteiger partial charge in [0.1, 0.15) is 0 Å². The van der Waals surface area contributed by atoms with Crippen molar-refractivity contribution in [1.82, 2.24) is 4.98 Å². The molecule has 0 aromatic carbocycles. The second-order valence-electron chi connectivity index (χ2n) is 3.51. The van der Waals surface area contributed by atoms with Crippen LogP contribution < -0.4 is 15.2 Å². The van der Waals surface area contributed by atoms with Gasteiger partial charge in [0.05, 0.1) is 23.7 Å². The normalized spacial score (nSPS) is 13.1. The van der Waals surface area contributed by atoms with Crippen LogP contribution in [0, 0.1) is 0 Å². The SMILES string of the molecule is CCOc1ccc(NS(=O)(=O)C(C)CN)cn1. The minimum absolute atomic E-state index is 0.0692. The summed E-state index contributed by atoms with van der Waals surface area (Å²) >= 11 is 0. The van der Waals surface area contributed by atoms with E-state index in [9.17, 15) is 8.42 Å². The number of hydrogen-bond donors (Lipinski definition) is 2. The number of pyridine rings is 1. The Labute approximate surface area is 101 Å². The van der Waals surface area contributed by atoms with Gasteiger partial charge in [-0.2, -0.15) is 0 Å². The van der Waals surface area contributed by atoms with Crippen molar-refractivity contribution in [3.05, 3.63) is 18.3 Å². The van der Waals surface area contributed by atoms with Gasteiger partial charge in [-0.1, -0.05) is 0 Å². The van der Waals surface area contributed by atoms with Crippen LogP contribution in [-0.2, 0) is 10.0 Å². The third-order valence-corrected chi connectivity index (χ3v) is 3.92. The molecule has 96 valence electrons. The second-order valence-corrected chi connectivity index (χ2v) is 5.61. The highest BCUT2D eigenvalue weighted by Gasteiger charge is 2.18. The molecule has 1 heterocycles. The lowest BCUT2D eigenvalue weighted by Crippen LogP contribution is -2.31. The Balaban J connectivity index is 2.75. The zero-order valence-electron chi connectivity index (χ0n) is 9.88. The molecule has 6 nitrogen and oxygen atoms in total. The van der Waals surface area contributed by atoms with E-state index in [0.717, 1.165) is 0 Å². The Hall–Kier alpha value is -1.34. The van der Waals surface area contributed by atoms with Crippen LogP contribution in [0.3, 0.4) is 0 Å². The lowest BCUT2D eigenvalue weighted by Gasteiger charge is -2.12. The summed E-state index contributed by atoms with van der Waals surface area (Å²) in [4.78, 5) is 3.96. The molecule has 0 amide bonds. The summed E-state index contributed by atoms with van der Waals surface area (Å²) < 4.78 is 30.9. The standard InChI is InChI=1S/C10H17N3O3S/c1-3-16-10-5-4-9(7-12-10)13-17(14,15)8(2)6-11/h4-5,7-8,13H,3,6,11H2,1-2H3. The lowest BCUT2D eigenvalue weighted by atomic mass is 10.4. The van der Waals surface area contributed by atoms with Crippen LogP contribution in [0.1, 0.15) is 13.8 Å². The van der Waals surface area contributed by atoms with Crippen LogP contribution >= 0.6 is 0 Å². The topological polar surface area (TPSA) is 94.3 Å². The zero-order valence-corrected chi connectivity index (χ0v) is 10.7. The maximum absolute atomic E-state index is 11.7. The van der Waals surface area contributed by atoms with E-state index in [-0.39, 0.29) is 6.54 Å². The summed E-state index contributed by atoms with van der Waals surface area (Å²) in [5.74, 6) is 0.460. The van der Waals surface area contributed by atoms with Gasteiger partial charge in [-0.25, -0.2) is 13.4 Å². The lowest BCUT2D eigenvalue weighted by molar-refractivity contribution is 0.327. The third-order valence-electron chi connectivity index (χ3n) is 2.15. The van der Waals surface area contributed by atoms with Gasteiger partial charge < -0.3 is 10.5 Å². The average molecular weight is 259 g/mol. The molecule has 0 saturated heterocycles. The van der Waals surface area contributed by atoms with Crippen LogP contribution in [0.2, 0.25) is 0 Å². The maximum Gasteiger partial charge on any atom is 0.236 e.